The quantitative estimate of drug-likeness (QED) is 0.929. The number of methoxy groups -OCH3 is 1. The topological polar surface area (TPSA) is 38.5 Å². The first kappa shape index (κ1) is 15.7. The molecular formula is C15H22ClFN2O. The fourth-order valence-electron chi connectivity index (χ4n) is 2.89. The smallest absolute Gasteiger partial charge is 0.141 e. The number of benzene rings is 1. The van der Waals surface area contributed by atoms with Gasteiger partial charge in [0.1, 0.15) is 5.82 Å². The van der Waals surface area contributed by atoms with Crippen molar-refractivity contribution in [2.24, 2.45) is 5.73 Å². The van der Waals surface area contributed by atoms with E-state index < -0.39 is 5.82 Å². The maximum Gasteiger partial charge on any atom is 0.141 e. The van der Waals surface area contributed by atoms with Gasteiger partial charge in [-0.2, -0.15) is 0 Å². The van der Waals surface area contributed by atoms with Crippen LogP contribution in [0.25, 0.3) is 0 Å². The molecular weight excluding hydrogens is 279 g/mol. The summed E-state index contributed by atoms with van der Waals surface area (Å²) in [5.74, 6) is -0.397. The van der Waals surface area contributed by atoms with Gasteiger partial charge in [0.15, 0.2) is 0 Å². The van der Waals surface area contributed by atoms with Crippen LogP contribution in [0.3, 0.4) is 0 Å². The van der Waals surface area contributed by atoms with Crippen LogP contribution in [0.1, 0.15) is 31.4 Å². The van der Waals surface area contributed by atoms with Crippen molar-refractivity contribution in [2.45, 2.75) is 31.4 Å². The van der Waals surface area contributed by atoms with Crippen molar-refractivity contribution < 1.29 is 9.13 Å². The molecule has 1 fully saturated rings. The average Bonchev–Trinajstić information content (AvgIpc) is 2.44. The largest absolute Gasteiger partial charge is 0.377 e. The fraction of sp³-hybridized carbons (Fsp3) is 0.600. The normalized spacial score (nSPS) is 25.6. The van der Waals surface area contributed by atoms with E-state index in [-0.39, 0.29) is 16.7 Å². The van der Waals surface area contributed by atoms with Crippen LogP contribution in [0.5, 0.6) is 0 Å². The van der Waals surface area contributed by atoms with E-state index in [4.69, 9.17) is 22.1 Å². The molecule has 2 unspecified atom stereocenters. The molecule has 5 heteroatoms. The highest BCUT2D eigenvalue weighted by molar-refractivity contribution is 6.30. The molecule has 20 heavy (non-hydrogen) atoms. The van der Waals surface area contributed by atoms with E-state index >= 15 is 0 Å². The molecule has 0 radical (unpaired) electrons. The monoisotopic (exact) mass is 300 g/mol. The van der Waals surface area contributed by atoms with Crippen molar-refractivity contribution in [1.29, 1.82) is 0 Å². The molecule has 0 aromatic heterocycles. The van der Waals surface area contributed by atoms with E-state index in [1.54, 1.807) is 19.2 Å². The molecule has 0 spiro atoms. The van der Waals surface area contributed by atoms with Gasteiger partial charge < -0.3 is 10.5 Å². The van der Waals surface area contributed by atoms with Crippen LogP contribution in [0, 0.1) is 5.82 Å². The second-order valence-electron chi connectivity index (χ2n) is 5.65. The zero-order valence-corrected chi connectivity index (χ0v) is 12.8. The summed E-state index contributed by atoms with van der Waals surface area (Å²) in [7, 11) is 1.75. The van der Waals surface area contributed by atoms with E-state index in [1.165, 1.54) is 6.07 Å². The maximum absolute atomic E-state index is 13.3. The zero-order chi connectivity index (χ0) is 14.8. The number of piperidine rings is 1. The summed E-state index contributed by atoms with van der Waals surface area (Å²) in [5.41, 5.74) is 6.75. The highest BCUT2D eigenvalue weighted by atomic mass is 35.5. The van der Waals surface area contributed by atoms with Gasteiger partial charge in [0.25, 0.3) is 0 Å². The fourth-order valence-corrected chi connectivity index (χ4v) is 3.08. The molecule has 0 bridgehead atoms. The average molecular weight is 301 g/mol. The van der Waals surface area contributed by atoms with Crippen molar-refractivity contribution in [2.75, 3.05) is 26.7 Å². The Morgan fingerprint density at radius 1 is 1.55 bits per heavy atom. The van der Waals surface area contributed by atoms with Gasteiger partial charge in [-0.1, -0.05) is 17.7 Å². The molecule has 1 aromatic rings. The molecule has 2 N–H and O–H groups in total. The summed E-state index contributed by atoms with van der Waals surface area (Å²) in [6.45, 7) is 4.38. The molecule has 1 saturated heterocycles. The molecule has 112 valence electrons. The summed E-state index contributed by atoms with van der Waals surface area (Å²) >= 11 is 5.88. The predicted octanol–water partition coefficient (Wildman–Crippen LogP) is 2.98. The number of hydrogen-bond donors (Lipinski definition) is 1. The standard InChI is InChI=1S/C15H22ClFN2O/c1-15(20-2)6-3-7-19(10-15)14(9-18)11-4-5-13(17)12(16)8-11/h4-5,8,14H,3,6-7,9-10,18H2,1-2H3. The second-order valence-corrected chi connectivity index (χ2v) is 6.06. The maximum atomic E-state index is 13.3. The minimum Gasteiger partial charge on any atom is -0.377 e. The summed E-state index contributed by atoms with van der Waals surface area (Å²) in [6.07, 6.45) is 2.11. The van der Waals surface area contributed by atoms with Crippen LogP contribution in [0.15, 0.2) is 18.2 Å². The Morgan fingerprint density at radius 2 is 2.30 bits per heavy atom. The first-order valence-electron chi connectivity index (χ1n) is 6.93. The van der Waals surface area contributed by atoms with Crippen LogP contribution >= 0.6 is 11.6 Å². The van der Waals surface area contributed by atoms with Crippen LogP contribution in [-0.2, 0) is 4.74 Å². The number of rotatable bonds is 4. The van der Waals surface area contributed by atoms with E-state index in [0.717, 1.165) is 31.5 Å². The van der Waals surface area contributed by atoms with Crippen molar-refractivity contribution in [3.8, 4) is 0 Å². The molecule has 2 rings (SSSR count). The molecule has 1 aliphatic rings. The number of nitrogens with two attached hydrogens (primary N) is 1. The van der Waals surface area contributed by atoms with E-state index in [0.29, 0.717) is 6.54 Å². The molecule has 0 saturated carbocycles. The van der Waals surface area contributed by atoms with Gasteiger partial charge in [-0.15, -0.1) is 0 Å². The Kier molecular flexibility index (Phi) is 5.02. The van der Waals surface area contributed by atoms with Crippen molar-refractivity contribution >= 4 is 11.6 Å². The third-order valence-corrected chi connectivity index (χ3v) is 4.46. The number of nitrogens with zero attached hydrogens (tertiary/aromatic N) is 1. The van der Waals surface area contributed by atoms with E-state index in [9.17, 15) is 4.39 Å². The van der Waals surface area contributed by atoms with Gasteiger partial charge in [0, 0.05) is 26.2 Å². The third-order valence-electron chi connectivity index (χ3n) is 4.17. The minimum absolute atomic E-state index is 0.0443. The van der Waals surface area contributed by atoms with Gasteiger partial charge in [0.05, 0.1) is 10.6 Å². The summed E-state index contributed by atoms with van der Waals surface area (Å²) < 4.78 is 18.9. The highest BCUT2D eigenvalue weighted by Gasteiger charge is 2.34. The molecule has 1 heterocycles. The van der Waals surface area contributed by atoms with Gasteiger partial charge in [-0.3, -0.25) is 4.90 Å². The molecule has 1 aliphatic heterocycles. The molecule has 1 aromatic carbocycles. The number of ether oxygens (including phenoxy) is 1. The molecule has 3 nitrogen and oxygen atoms in total. The SMILES string of the molecule is COC1(C)CCCN(C(CN)c2ccc(F)c(Cl)c2)C1. The Morgan fingerprint density at radius 3 is 2.90 bits per heavy atom. The minimum atomic E-state index is -0.397. The number of likely N-dealkylation sites (tertiary alicyclic amines) is 1. The summed E-state index contributed by atoms with van der Waals surface area (Å²) in [6, 6.07) is 4.88. The highest BCUT2D eigenvalue weighted by Crippen LogP contribution is 2.31. The lowest BCUT2D eigenvalue weighted by Crippen LogP contribution is -2.49. The van der Waals surface area contributed by atoms with Gasteiger partial charge in [0.2, 0.25) is 0 Å². The van der Waals surface area contributed by atoms with E-state index in [1.807, 2.05) is 0 Å². The Labute approximate surface area is 124 Å². The number of hydrogen-bond acceptors (Lipinski definition) is 3. The first-order valence-corrected chi connectivity index (χ1v) is 7.31. The lowest BCUT2D eigenvalue weighted by molar-refractivity contribution is -0.0608. The van der Waals surface area contributed by atoms with E-state index in [2.05, 4.69) is 11.8 Å². The van der Waals surface area contributed by atoms with Crippen LogP contribution in [-0.4, -0.2) is 37.2 Å². The van der Waals surface area contributed by atoms with Gasteiger partial charge in [-0.25, -0.2) is 4.39 Å². The van der Waals surface area contributed by atoms with Crippen molar-refractivity contribution in [3.05, 3.63) is 34.6 Å². The zero-order valence-electron chi connectivity index (χ0n) is 12.0. The predicted molar refractivity (Wildman–Crippen MR) is 79.4 cm³/mol. The Hall–Kier alpha value is -0.680. The number of halogens is 2. The van der Waals surface area contributed by atoms with Crippen molar-refractivity contribution in [3.63, 3.8) is 0 Å². The Bertz CT molecular complexity index is 471. The third kappa shape index (κ3) is 3.31. The van der Waals surface area contributed by atoms with Crippen LogP contribution < -0.4 is 5.73 Å². The van der Waals surface area contributed by atoms with Gasteiger partial charge >= 0.3 is 0 Å². The lowest BCUT2D eigenvalue weighted by atomic mass is 9.92. The first-order chi connectivity index (χ1) is 9.49. The molecule has 0 amide bonds. The summed E-state index contributed by atoms with van der Waals surface area (Å²) in [4.78, 5) is 2.30. The Balaban J connectivity index is 2.21. The van der Waals surface area contributed by atoms with Crippen LogP contribution in [0.4, 0.5) is 4.39 Å². The van der Waals surface area contributed by atoms with Crippen molar-refractivity contribution in [1.82, 2.24) is 4.90 Å². The van der Waals surface area contributed by atoms with Gasteiger partial charge in [-0.05, 0) is 44.0 Å². The molecule has 0 aliphatic carbocycles. The second kappa shape index (κ2) is 6.39. The molecule has 2 atom stereocenters. The van der Waals surface area contributed by atoms with Crippen LogP contribution in [0.2, 0.25) is 5.02 Å². The summed E-state index contributed by atoms with van der Waals surface area (Å²) in [5, 5.41) is 0.146. The lowest BCUT2D eigenvalue weighted by Gasteiger charge is -2.43.